The number of fused-ring (bicyclic) bond motifs is 2. The number of benzene rings is 2. The van der Waals surface area contributed by atoms with Crippen LogP contribution in [0.1, 0.15) is 0 Å². The van der Waals surface area contributed by atoms with E-state index in [4.69, 9.17) is 23.2 Å². The molecule has 0 saturated carbocycles. The van der Waals surface area contributed by atoms with Gasteiger partial charge in [0.1, 0.15) is 0 Å². The zero-order valence-electron chi connectivity index (χ0n) is 12.2. The smallest absolute Gasteiger partial charge is 0.0711 e. The second kappa shape index (κ2) is 6.60. The number of H-pyrrole nitrogens is 2. The molecule has 0 aliphatic carbocycles. The fraction of sp³-hybridized carbons (Fsp3) is 0. The zero-order valence-corrected chi connectivity index (χ0v) is 20.1. The summed E-state index contributed by atoms with van der Waals surface area (Å²) in [6.45, 7) is 0. The first-order valence-corrected chi connectivity index (χ1v) is 10.9. The summed E-state index contributed by atoms with van der Waals surface area (Å²) in [4.78, 5) is 6.02. The molecule has 134 valence electrons. The molecule has 4 rings (SSSR count). The van der Waals surface area contributed by atoms with Gasteiger partial charge in [-0.2, -0.15) is 0 Å². The van der Waals surface area contributed by atoms with Crippen LogP contribution in [-0.2, 0) is 0 Å². The minimum atomic E-state index is -0.303. The van der Waals surface area contributed by atoms with Gasteiger partial charge < -0.3 is 20.2 Å². The van der Waals surface area contributed by atoms with Crippen molar-refractivity contribution in [2.24, 2.45) is 0 Å². The van der Waals surface area contributed by atoms with Crippen LogP contribution in [0.5, 0.6) is 11.5 Å². The predicted octanol–water partition coefficient (Wildman–Crippen LogP) is 6.82. The standard InChI is InChI=1S/C16H6Br4Cl2N2O2/c17-5-1-3-11(7(19)9(5)21)23-13(15(3)25)14-16(26)4-2-6(18)10(22)8(20)12(4)24-14/h1-2,23-26H/p-2. The molecule has 0 amide bonds. The quantitative estimate of drug-likeness (QED) is 0.223. The van der Waals surface area contributed by atoms with Gasteiger partial charge in [0.15, 0.2) is 0 Å². The Morgan fingerprint density at radius 3 is 1.38 bits per heavy atom. The molecule has 2 aromatic carbocycles. The van der Waals surface area contributed by atoms with Crippen molar-refractivity contribution in [1.82, 2.24) is 9.97 Å². The maximum Gasteiger partial charge on any atom is 0.0711 e. The summed E-state index contributed by atoms with van der Waals surface area (Å²) in [6, 6.07) is 3.25. The van der Waals surface area contributed by atoms with Crippen molar-refractivity contribution in [3.8, 4) is 22.9 Å². The van der Waals surface area contributed by atoms with Gasteiger partial charge in [0.25, 0.3) is 0 Å². The van der Waals surface area contributed by atoms with E-state index in [9.17, 15) is 10.2 Å². The molecule has 0 unspecified atom stereocenters. The Morgan fingerprint density at radius 2 is 1.04 bits per heavy atom. The molecule has 2 N–H and O–H groups in total. The van der Waals surface area contributed by atoms with E-state index >= 15 is 0 Å². The first-order valence-electron chi connectivity index (χ1n) is 6.95. The topological polar surface area (TPSA) is 77.7 Å². The lowest BCUT2D eigenvalue weighted by Crippen LogP contribution is -1.95. The van der Waals surface area contributed by atoms with Gasteiger partial charge >= 0.3 is 0 Å². The van der Waals surface area contributed by atoms with Crippen LogP contribution in [0.15, 0.2) is 30.0 Å². The van der Waals surface area contributed by atoms with Crippen molar-refractivity contribution in [1.29, 1.82) is 0 Å². The van der Waals surface area contributed by atoms with E-state index in [0.29, 0.717) is 49.7 Å². The molecule has 0 atom stereocenters. The predicted molar refractivity (Wildman–Crippen MR) is 115 cm³/mol. The highest BCUT2D eigenvalue weighted by Crippen LogP contribution is 2.47. The lowest BCUT2D eigenvalue weighted by atomic mass is 10.2. The molecule has 0 radical (unpaired) electrons. The van der Waals surface area contributed by atoms with Crippen LogP contribution in [0.3, 0.4) is 0 Å². The third-order valence-corrected chi connectivity index (χ3v) is 8.55. The number of halogens is 6. The average Bonchev–Trinajstić information content (AvgIpc) is 3.09. The third kappa shape index (κ3) is 2.64. The second-order valence-corrected chi connectivity index (χ2v) is 9.53. The summed E-state index contributed by atoms with van der Waals surface area (Å²) in [5.41, 5.74) is 1.37. The molecule has 26 heavy (non-hydrogen) atoms. The largest absolute Gasteiger partial charge is 0.871 e. The zero-order chi connectivity index (χ0) is 18.9. The third-order valence-electron chi connectivity index (χ3n) is 4.02. The summed E-state index contributed by atoms with van der Waals surface area (Å²) in [7, 11) is 0. The number of aromatic nitrogens is 2. The minimum Gasteiger partial charge on any atom is -0.871 e. The van der Waals surface area contributed by atoms with E-state index in [1.807, 2.05) is 0 Å². The number of rotatable bonds is 1. The van der Waals surface area contributed by atoms with Gasteiger partial charge in [-0.25, -0.2) is 0 Å². The molecule has 0 fully saturated rings. The molecular formula is C16H4Br4Cl2N2O2-2. The first kappa shape index (κ1) is 19.0. The Hall–Kier alpha value is -0.380. The Balaban J connectivity index is 2.08. The first-order chi connectivity index (χ1) is 12.2. The van der Waals surface area contributed by atoms with Crippen molar-refractivity contribution >= 4 is 109 Å². The van der Waals surface area contributed by atoms with Gasteiger partial charge in [-0.05, 0) is 86.6 Å². The number of hydrogen-bond donors (Lipinski definition) is 2. The molecule has 2 heterocycles. The summed E-state index contributed by atoms with van der Waals surface area (Å²) >= 11 is 25.8. The van der Waals surface area contributed by atoms with E-state index < -0.39 is 0 Å². The Bertz CT molecular complexity index is 1140. The van der Waals surface area contributed by atoms with Crippen LogP contribution in [0.25, 0.3) is 33.2 Å². The number of nitrogens with one attached hydrogen (secondary N) is 2. The van der Waals surface area contributed by atoms with E-state index in [0.717, 1.165) is 0 Å². The van der Waals surface area contributed by atoms with Crippen LogP contribution < -0.4 is 10.2 Å². The summed E-state index contributed by atoms with van der Waals surface area (Å²) in [5.74, 6) is -0.606. The summed E-state index contributed by atoms with van der Waals surface area (Å²) in [6.07, 6.45) is 0. The van der Waals surface area contributed by atoms with Crippen molar-refractivity contribution in [2.45, 2.75) is 0 Å². The maximum atomic E-state index is 12.9. The molecular weight excluding hydrogens is 643 g/mol. The molecule has 10 heteroatoms. The average molecular weight is 647 g/mol. The normalized spacial score (nSPS) is 11.8. The maximum absolute atomic E-state index is 12.9. The minimum absolute atomic E-state index is 0.162. The van der Waals surface area contributed by atoms with Crippen LogP contribution >= 0.6 is 86.9 Å². The van der Waals surface area contributed by atoms with Crippen molar-refractivity contribution in [3.05, 3.63) is 40.1 Å². The highest BCUT2D eigenvalue weighted by atomic mass is 79.9. The van der Waals surface area contributed by atoms with Crippen LogP contribution in [0.2, 0.25) is 10.0 Å². The Kier molecular flexibility index (Phi) is 4.81. The van der Waals surface area contributed by atoms with E-state index in [-0.39, 0.29) is 22.9 Å². The van der Waals surface area contributed by atoms with Crippen molar-refractivity contribution < 1.29 is 10.2 Å². The van der Waals surface area contributed by atoms with Gasteiger partial charge in [-0.3, -0.25) is 0 Å². The lowest BCUT2D eigenvalue weighted by molar-refractivity contribution is -0.268. The van der Waals surface area contributed by atoms with E-state index in [1.54, 1.807) is 12.1 Å². The molecule has 0 spiro atoms. The molecule has 4 aromatic rings. The lowest BCUT2D eigenvalue weighted by Gasteiger charge is -2.12. The van der Waals surface area contributed by atoms with Gasteiger partial charge in [-0.15, -0.1) is 0 Å². The van der Waals surface area contributed by atoms with Gasteiger partial charge in [0.2, 0.25) is 0 Å². The fourth-order valence-electron chi connectivity index (χ4n) is 2.78. The Labute approximate surface area is 190 Å². The number of aromatic amines is 2. The summed E-state index contributed by atoms with van der Waals surface area (Å²) in [5, 5.41) is 27.4. The summed E-state index contributed by atoms with van der Waals surface area (Å²) < 4.78 is 2.25. The van der Waals surface area contributed by atoms with E-state index in [1.165, 1.54) is 0 Å². The highest BCUT2D eigenvalue weighted by molar-refractivity contribution is 9.11. The van der Waals surface area contributed by atoms with Gasteiger partial charge in [-0.1, -0.05) is 34.7 Å². The van der Waals surface area contributed by atoms with Gasteiger partial charge in [0.05, 0.1) is 41.4 Å². The monoisotopic (exact) mass is 642 g/mol. The second-order valence-electron chi connectivity index (χ2n) is 5.48. The molecule has 2 aromatic heterocycles. The SMILES string of the molecule is [O-]c1c(-c2[nH]c3c(Br)c(Cl)c(Br)cc3c2[O-])[nH]c2c(Br)c(Cl)c(Br)cc12. The fourth-order valence-corrected chi connectivity index (χ4v) is 5.51. The Morgan fingerprint density at radius 1 is 0.692 bits per heavy atom. The number of hydrogen-bond acceptors (Lipinski definition) is 2. The van der Waals surface area contributed by atoms with Crippen molar-refractivity contribution in [3.63, 3.8) is 0 Å². The van der Waals surface area contributed by atoms with Crippen molar-refractivity contribution in [2.75, 3.05) is 0 Å². The van der Waals surface area contributed by atoms with Crippen LogP contribution in [0.4, 0.5) is 0 Å². The highest BCUT2D eigenvalue weighted by Gasteiger charge is 2.18. The van der Waals surface area contributed by atoms with Crippen LogP contribution in [0, 0.1) is 0 Å². The molecule has 0 aliphatic heterocycles. The molecule has 4 nitrogen and oxygen atoms in total. The van der Waals surface area contributed by atoms with Gasteiger partial charge in [0, 0.05) is 8.95 Å². The molecule has 0 saturated heterocycles. The van der Waals surface area contributed by atoms with E-state index in [2.05, 4.69) is 73.7 Å². The molecule has 0 bridgehead atoms. The molecule has 0 aliphatic rings. The van der Waals surface area contributed by atoms with Crippen LogP contribution in [-0.4, -0.2) is 9.97 Å².